The molecule has 0 bridgehead atoms. The van der Waals surface area contributed by atoms with E-state index in [1.807, 2.05) is 43.6 Å². The lowest BCUT2D eigenvalue weighted by molar-refractivity contribution is 0.969. The van der Waals surface area contributed by atoms with E-state index < -0.39 is 0 Å². The molecule has 0 saturated carbocycles. The molecule has 0 spiro atoms. The van der Waals surface area contributed by atoms with Crippen molar-refractivity contribution in [2.24, 2.45) is 7.05 Å². The molecule has 0 atom stereocenters. The van der Waals surface area contributed by atoms with E-state index in [1.54, 1.807) is 6.20 Å². The summed E-state index contributed by atoms with van der Waals surface area (Å²) in [5.41, 5.74) is 9.89. The molecule has 0 fully saturated rings. The SMILES string of the molecule is Cn1ccc2cc(N)cc(-c3ccccn3)c21. The molecular formula is C14H13N3. The van der Waals surface area contributed by atoms with Crippen LogP contribution in [0.4, 0.5) is 5.69 Å². The van der Waals surface area contributed by atoms with E-state index in [4.69, 9.17) is 5.73 Å². The Balaban J connectivity index is 2.39. The molecular weight excluding hydrogens is 210 g/mol. The van der Waals surface area contributed by atoms with Crippen LogP contribution in [0.3, 0.4) is 0 Å². The molecule has 0 aliphatic carbocycles. The Hall–Kier alpha value is -2.29. The Morgan fingerprint density at radius 3 is 2.82 bits per heavy atom. The average Bonchev–Trinajstić information content (AvgIpc) is 2.71. The van der Waals surface area contributed by atoms with Crippen molar-refractivity contribution < 1.29 is 0 Å². The monoisotopic (exact) mass is 223 g/mol. The van der Waals surface area contributed by atoms with Gasteiger partial charge in [-0.2, -0.15) is 0 Å². The lowest BCUT2D eigenvalue weighted by atomic mass is 10.1. The first-order chi connectivity index (χ1) is 8.25. The van der Waals surface area contributed by atoms with Gasteiger partial charge in [0, 0.05) is 36.1 Å². The molecule has 0 unspecified atom stereocenters. The summed E-state index contributed by atoms with van der Waals surface area (Å²) in [6, 6.07) is 11.9. The molecule has 2 heterocycles. The zero-order valence-electron chi connectivity index (χ0n) is 9.59. The number of pyridine rings is 1. The second kappa shape index (κ2) is 3.63. The van der Waals surface area contributed by atoms with Crippen LogP contribution in [0.15, 0.2) is 48.8 Å². The van der Waals surface area contributed by atoms with Crippen molar-refractivity contribution >= 4 is 16.6 Å². The Kier molecular flexibility index (Phi) is 2.11. The van der Waals surface area contributed by atoms with Crippen LogP contribution < -0.4 is 5.73 Å². The van der Waals surface area contributed by atoms with E-state index in [0.717, 1.165) is 27.8 Å². The van der Waals surface area contributed by atoms with Crippen LogP contribution >= 0.6 is 0 Å². The standard InChI is InChI=1S/C14H13N3/c1-17-7-5-10-8-11(15)9-12(14(10)17)13-4-2-3-6-16-13/h2-9H,15H2,1H3. The molecule has 3 nitrogen and oxygen atoms in total. The highest BCUT2D eigenvalue weighted by Crippen LogP contribution is 2.30. The van der Waals surface area contributed by atoms with Crippen LogP contribution in [-0.4, -0.2) is 9.55 Å². The normalized spacial score (nSPS) is 10.9. The summed E-state index contributed by atoms with van der Waals surface area (Å²) < 4.78 is 2.10. The van der Waals surface area contributed by atoms with Gasteiger partial charge in [0.05, 0.1) is 11.2 Å². The van der Waals surface area contributed by atoms with Crippen LogP contribution in [0.25, 0.3) is 22.2 Å². The highest BCUT2D eigenvalue weighted by atomic mass is 14.9. The van der Waals surface area contributed by atoms with E-state index in [9.17, 15) is 0 Å². The average molecular weight is 223 g/mol. The van der Waals surface area contributed by atoms with E-state index in [-0.39, 0.29) is 0 Å². The summed E-state index contributed by atoms with van der Waals surface area (Å²) in [6.07, 6.45) is 3.84. The van der Waals surface area contributed by atoms with Gasteiger partial charge in [0.15, 0.2) is 0 Å². The number of anilines is 1. The number of rotatable bonds is 1. The van der Waals surface area contributed by atoms with E-state index in [2.05, 4.69) is 15.6 Å². The second-order valence-electron chi connectivity index (χ2n) is 4.15. The molecule has 3 heteroatoms. The fourth-order valence-corrected chi connectivity index (χ4v) is 2.18. The molecule has 2 aromatic heterocycles. The first-order valence-corrected chi connectivity index (χ1v) is 5.51. The Labute approximate surface area is 99.5 Å². The van der Waals surface area contributed by atoms with Gasteiger partial charge in [-0.05, 0) is 30.3 Å². The van der Waals surface area contributed by atoms with Crippen molar-refractivity contribution in [2.45, 2.75) is 0 Å². The van der Waals surface area contributed by atoms with Crippen LogP contribution in [0.5, 0.6) is 0 Å². The fourth-order valence-electron chi connectivity index (χ4n) is 2.18. The van der Waals surface area contributed by atoms with Crippen LogP contribution in [0.1, 0.15) is 0 Å². The second-order valence-corrected chi connectivity index (χ2v) is 4.15. The van der Waals surface area contributed by atoms with Crippen LogP contribution in [-0.2, 0) is 7.05 Å². The number of hydrogen-bond donors (Lipinski definition) is 1. The minimum absolute atomic E-state index is 0.768. The van der Waals surface area contributed by atoms with E-state index >= 15 is 0 Å². The van der Waals surface area contributed by atoms with Gasteiger partial charge in [0.25, 0.3) is 0 Å². The van der Waals surface area contributed by atoms with Gasteiger partial charge >= 0.3 is 0 Å². The highest BCUT2D eigenvalue weighted by Gasteiger charge is 2.08. The van der Waals surface area contributed by atoms with Crippen molar-refractivity contribution in [2.75, 3.05) is 5.73 Å². The number of nitrogen functional groups attached to an aromatic ring is 1. The molecule has 0 aliphatic rings. The summed E-state index contributed by atoms with van der Waals surface area (Å²) in [5, 5.41) is 1.15. The van der Waals surface area contributed by atoms with Crippen molar-refractivity contribution in [1.29, 1.82) is 0 Å². The molecule has 0 saturated heterocycles. The number of aryl methyl sites for hydroxylation is 1. The smallest absolute Gasteiger partial charge is 0.0723 e. The summed E-state index contributed by atoms with van der Waals surface area (Å²) in [5.74, 6) is 0. The Morgan fingerprint density at radius 1 is 1.18 bits per heavy atom. The van der Waals surface area contributed by atoms with Gasteiger partial charge in [-0.1, -0.05) is 6.07 Å². The molecule has 3 rings (SSSR count). The molecule has 0 amide bonds. The number of fused-ring (bicyclic) bond motifs is 1. The number of nitrogens with two attached hydrogens (primary N) is 1. The number of benzene rings is 1. The van der Waals surface area contributed by atoms with Gasteiger partial charge < -0.3 is 10.3 Å². The summed E-state index contributed by atoms with van der Waals surface area (Å²) in [4.78, 5) is 4.39. The molecule has 0 aliphatic heterocycles. The third kappa shape index (κ3) is 1.56. The number of hydrogen-bond acceptors (Lipinski definition) is 2. The maximum absolute atomic E-state index is 5.93. The summed E-state index contributed by atoms with van der Waals surface area (Å²) >= 11 is 0. The first kappa shape index (κ1) is 9.90. The fraction of sp³-hybridized carbons (Fsp3) is 0.0714. The van der Waals surface area contributed by atoms with Crippen molar-refractivity contribution in [1.82, 2.24) is 9.55 Å². The zero-order chi connectivity index (χ0) is 11.8. The van der Waals surface area contributed by atoms with Crippen molar-refractivity contribution in [3.63, 3.8) is 0 Å². The third-order valence-corrected chi connectivity index (χ3v) is 2.93. The molecule has 0 radical (unpaired) electrons. The van der Waals surface area contributed by atoms with E-state index in [1.165, 1.54) is 0 Å². The minimum atomic E-state index is 0.768. The quantitative estimate of drug-likeness (QED) is 0.645. The maximum Gasteiger partial charge on any atom is 0.0723 e. The topological polar surface area (TPSA) is 43.8 Å². The van der Waals surface area contributed by atoms with Crippen molar-refractivity contribution in [3.05, 3.63) is 48.8 Å². The number of aromatic nitrogens is 2. The third-order valence-electron chi connectivity index (χ3n) is 2.93. The largest absolute Gasteiger partial charge is 0.399 e. The van der Waals surface area contributed by atoms with Gasteiger partial charge in [-0.15, -0.1) is 0 Å². The van der Waals surface area contributed by atoms with Gasteiger partial charge in [-0.25, -0.2) is 0 Å². The maximum atomic E-state index is 5.93. The summed E-state index contributed by atoms with van der Waals surface area (Å²) in [7, 11) is 2.03. The zero-order valence-corrected chi connectivity index (χ0v) is 9.59. The highest BCUT2D eigenvalue weighted by molar-refractivity contribution is 5.96. The predicted molar refractivity (Wildman–Crippen MR) is 70.6 cm³/mol. The predicted octanol–water partition coefficient (Wildman–Crippen LogP) is 2.82. The minimum Gasteiger partial charge on any atom is -0.399 e. The lowest BCUT2D eigenvalue weighted by Gasteiger charge is -2.07. The molecule has 1 aromatic carbocycles. The molecule has 2 N–H and O–H groups in total. The summed E-state index contributed by atoms with van der Waals surface area (Å²) in [6.45, 7) is 0. The van der Waals surface area contributed by atoms with Crippen LogP contribution in [0.2, 0.25) is 0 Å². The van der Waals surface area contributed by atoms with Gasteiger partial charge in [0.2, 0.25) is 0 Å². The van der Waals surface area contributed by atoms with Gasteiger partial charge in [-0.3, -0.25) is 4.98 Å². The van der Waals surface area contributed by atoms with Gasteiger partial charge in [0.1, 0.15) is 0 Å². The van der Waals surface area contributed by atoms with Crippen LogP contribution in [0, 0.1) is 0 Å². The molecule has 17 heavy (non-hydrogen) atoms. The molecule has 84 valence electrons. The first-order valence-electron chi connectivity index (χ1n) is 5.51. The number of nitrogens with zero attached hydrogens (tertiary/aromatic N) is 2. The Morgan fingerprint density at radius 2 is 2.06 bits per heavy atom. The van der Waals surface area contributed by atoms with E-state index in [0.29, 0.717) is 0 Å². The Bertz CT molecular complexity index is 669. The van der Waals surface area contributed by atoms with Crippen molar-refractivity contribution in [3.8, 4) is 11.3 Å². The lowest BCUT2D eigenvalue weighted by Crippen LogP contribution is -1.93. The molecule has 3 aromatic rings.